The Balaban J connectivity index is 0.00000300. The van der Waals surface area contributed by atoms with E-state index in [1.165, 1.54) is 0 Å². The molecule has 154 valence electrons. The Morgan fingerprint density at radius 1 is 1.07 bits per heavy atom. The molecule has 0 spiro atoms. The molecular weight excluding hydrogens is 390 g/mol. The van der Waals surface area contributed by atoms with Gasteiger partial charge in [-0.3, -0.25) is 9.36 Å². The van der Waals surface area contributed by atoms with Crippen molar-refractivity contribution in [1.29, 1.82) is 0 Å². The number of carbonyl (C=O) groups excluding carboxylic acids is 1. The van der Waals surface area contributed by atoms with E-state index in [9.17, 15) is 9.59 Å². The number of halogens is 1. The van der Waals surface area contributed by atoms with E-state index in [0.717, 1.165) is 13.1 Å². The second-order valence-corrected chi connectivity index (χ2v) is 6.53. The fourth-order valence-electron chi connectivity index (χ4n) is 3.18. The molecule has 1 aromatic heterocycles. The minimum absolute atomic E-state index is 0. The van der Waals surface area contributed by atoms with Gasteiger partial charge in [0.2, 0.25) is 0 Å². The van der Waals surface area contributed by atoms with Crippen LogP contribution in [0.25, 0.3) is 16.6 Å². The van der Waals surface area contributed by atoms with Gasteiger partial charge in [0.05, 0.1) is 22.2 Å². The lowest BCUT2D eigenvalue weighted by molar-refractivity contribution is 0.0466. The number of aromatic nitrogens is 2. The van der Waals surface area contributed by atoms with Crippen molar-refractivity contribution in [3.05, 3.63) is 70.3 Å². The number of esters is 1. The Morgan fingerprint density at radius 3 is 2.38 bits per heavy atom. The zero-order valence-corrected chi connectivity index (χ0v) is 17.7. The number of nitrogens with zero attached hydrogens (tertiary/aromatic N) is 3. The number of fused-ring (bicyclic) bond motifs is 1. The van der Waals surface area contributed by atoms with Crippen LogP contribution in [0.5, 0.6) is 0 Å². The maximum atomic E-state index is 12.9. The van der Waals surface area contributed by atoms with Crippen LogP contribution in [0.3, 0.4) is 0 Å². The van der Waals surface area contributed by atoms with Crippen LogP contribution in [0.15, 0.2) is 53.3 Å². The normalized spacial score (nSPS) is 10.8. The number of ether oxygens (including phenoxy) is 1. The lowest BCUT2D eigenvalue weighted by Gasteiger charge is -2.17. The summed E-state index contributed by atoms with van der Waals surface area (Å²) in [5.74, 6) is 0.234. The van der Waals surface area contributed by atoms with Crippen molar-refractivity contribution in [2.24, 2.45) is 0 Å². The van der Waals surface area contributed by atoms with E-state index >= 15 is 0 Å². The fourth-order valence-corrected chi connectivity index (χ4v) is 3.18. The highest BCUT2D eigenvalue weighted by Crippen LogP contribution is 2.14. The van der Waals surface area contributed by atoms with Gasteiger partial charge in [0.25, 0.3) is 5.56 Å². The molecule has 0 amide bonds. The number of hydrogen-bond acceptors (Lipinski definition) is 5. The van der Waals surface area contributed by atoms with Crippen LogP contribution >= 0.6 is 12.4 Å². The maximum absolute atomic E-state index is 12.9. The molecule has 0 bridgehead atoms. The molecule has 0 aliphatic carbocycles. The monoisotopic (exact) mass is 415 g/mol. The van der Waals surface area contributed by atoms with Crippen LogP contribution in [0.1, 0.15) is 30.0 Å². The number of benzene rings is 2. The van der Waals surface area contributed by atoms with E-state index in [1.54, 1.807) is 41.8 Å². The molecule has 7 heteroatoms. The molecule has 0 aliphatic heterocycles. The van der Waals surface area contributed by atoms with Crippen molar-refractivity contribution in [1.82, 2.24) is 14.5 Å². The van der Waals surface area contributed by atoms with Crippen molar-refractivity contribution in [3.63, 3.8) is 0 Å². The smallest absolute Gasteiger partial charge is 0.338 e. The van der Waals surface area contributed by atoms with Crippen LogP contribution in [-0.2, 0) is 4.74 Å². The van der Waals surface area contributed by atoms with Gasteiger partial charge in [-0.25, -0.2) is 9.78 Å². The zero-order valence-electron chi connectivity index (χ0n) is 16.9. The molecule has 29 heavy (non-hydrogen) atoms. The number of hydrogen-bond donors (Lipinski definition) is 0. The van der Waals surface area contributed by atoms with Crippen LogP contribution in [0.2, 0.25) is 0 Å². The van der Waals surface area contributed by atoms with Gasteiger partial charge in [-0.15, -0.1) is 12.4 Å². The van der Waals surface area contributed by atoms with Gasteiger partial charge in [0, 0.05) is 6.54 Å². The van der Waals surface area contributed by atoms with Crippen molar-refractivity contribution < 1.29 is 9.53 Å². The molecule has 0 fully saturated rings. The predicted molar refractivity (Wildman–Crippen MR) is 117 cm³/mol. The minimum atomic E-state index is -0.362. The summed E-state index contributed by atoms with van der Waals surface area (Å²) in [6, 6.07) is 14.1. The zero-order chi connectivity index (χ0) is 20.1. The van der Waals surface area contributed by atoms with Gasteiger partial charge in [0.1, 0.15) is 12.4 Å². The Morgan fingerprint density at radius 2 is 1.72 bits per heavy atom. The molecule has 0 atom stereocenters. The van der Waals surface area contributed by atoms with Crippen molar-refractivity contribution in [3.8, 4) is 5.69 Å². The van der Waals surface area contributed by atoms with Crippen molar-refractivity contribution in [2.45, 2.75) is 20.8 Å². The summed E-state index contributed by atoms with van der Waals surface area (Å²) in [5, 5.41) is 0.563. The average Bonchev–Trinajstić information content (AvgIpc) is 2.71. The minimum Gasteiger partial charge on any atom is -0.461 e. The van der Waals surface area contributed by atoms with E-state index in [1.807, 2.05) is 18.2 Å². The van der Waals surface area contributed by atoms with Gasteiger partial charge in [-0.1, -0.05) is 26.0 Å². The van der Waals surface area contributed by atoms with Gasteiger partial charge >= 0.3 is 5.97 Å². The molecule has 0 unspecified atom stereocenters. The highest BCUT2D eigenvalue weighted by molar-refractivity contribution is 5.89. The lowest BCUT2D eigenvalue weighted by atomic mass is 10.2. The second kappa shape index (κ2) is 10.2. The average molecular weight is 416 g/mol. The highest BCUT2D eigenvalue weighted by Gasteiger charge is 2.12. The molecule has 3 aromatic rings. The van der Waals surface area contributed by atoms with Gasteiger partial charge < -0.3 is 9.64 Å². The highest BCUT2D eigenvalue weighted by atomic mass is 35.5. The molecule has 1 heterocycles. The molecule has 6 nitrogen and oxygen atoms in total. The summed E-state index contributed by atoms with van der Waals surface area (Å²) in [6.07, 6.45) is 0. The SMILES string of the molecule is CCN(CC)CCOC(=O)c1ccc(-n2c(C)nc3ccccc3c2=O)cc1.Cl. The Hall–Kier alpha value is -2.70. The molecule has 2 aromatic carbocycles. The van der Waals surface area contributed by atoms with E-state index in [0.29, 0.717) is 41.1 Å². The Labute approximate surface area is 176 Å². The number of likely N-dealkylation sites (N-methyl/N-ethyl adjacent to an activating group) is 1. The summed E-state index contributed by atoms with van der Waals surface area (Å²) in [6.45, 7) is 8.88. The predicted octanol–water partition coefficient (Wildman–Crippen LogP) is 3.61. The quantitative estimate of drug-likeness (QED) is 0.551. The molecule has 0 saturated carbocycles. The Kier molecular flexibility index (Phi) is 7.93. The van der Waals surface area contributed by atoms with Gasteiger partial charge in [-0.05, 0) is 56.4 Å². The van der Waals surface area contributed by atoms with Crippen molar-refractivity contribution in [2.75, 3.05) is 26.2 Å². The van der Waals surface area contributed by atoms with E-state index in [4.69, 9.17) is 4.74 Å². The number of carbonyl (C=O) groups is 1. The third kappa shape index (κ3) is 5.02. The molecule has 0 saturated heterocycles. The molecule has 0 aliphatic rings. The summed E-state index contributed by atoms with van der Waals surface area (Å²) >= 11 is 0. The van der Waals surface area contributed by atoms with Gasteiger partial charge in [-0.2, -0.15) is 0 Å². The van der Waals surface area contributed by atoms with Crippen LogP contribution < -0.4 is 5.56 Å². The number of para-hydroxylation sites is 1. The maximum Gasteiger partial charge on any atom is 0.338 e. The van der Waals surface area contributed by atoms with Crippen LogP contribution in [0, 0.1) is 6.92 Å². The second-order valence-electron chi connectivity index (χ2n) is 6.53. The molecule has 3 rings (SSSR count). The standard InChI is InChI=1S/C22H25N3O3.ClH/c1-4-24(5-2)14-15-28-22(27)17-10-12-18(13-11-17)25-16(3)23-20-9-7-6-8-19(20)21(25)26;/h6-13H,4-5,14-15H2,1-3H3;1H. The molecule has 0 N–H and O–H groups in total. The first-order valence-corrected chi connectivity index (χ1v) is 9.53. The van der Waals surface area contributed by atoms with E-state index in [-0.39, 0.29) is 23.9 Å². The first kappa shape index (κ1) is 22.6. The summed E-state index contributed by atoms with van der Waals surface area (Å²) in [5.41, 5.74) is 1.68. The first-order chi connectivity index (χ1) is 13.5. The van der Waals surface area contributed by atoms with E-state index < -0.39 is 0 Å². The molecule has 0 radical (unpaired) electrons. The van der Waals surface area contributed by atoms with Crippen LogP contribution in [-0.4, -0.2) is 46.7 Å². The number of rotatable bonds is 7. The van der Waals surface area contributed by atoms with Crippen LogP contribution in [0.4, 0.5) is 0 Å². The topological polar surface area (TPSA) is 64.4 Å². The lowest BCUT2D eigenvalue weighted by Crippen LogP contribution is -2.27. The van der Waals surface area contributed by atoms with Gasteiger partial charge in [0.15, 0.2) is 0 Å². The largest absolute Gasteiger partial charge is 0.461 e. The first-order valence-electron chi connectivity index (χ1n) is 9.53. The summed E-state index contributed by atoms with van der Waals surface area (Å²) in [7, 11) is 0. The third-order valence-electron chi connectivity index (χ3n) is 4.84. The van der Waals surface area contributed by atoms with E-state index in [2.05, 4.69) is 23.7 Å². The van der Waals surface area contributed by atoms with Crippen molar-refractivity contribution >= 4 is 29.3 Å². The third-order valence-corrected chi connectivity index (χ3v) is 4.84. The fraction of sp³-hybridized carbons (Fsp3) is 0.318. The number of aryl methyl sites for hydroxylation is 1. The Bertz CT molecular complexity index is 1030. The molecular formula is C22H26ClN3O3. The summed E-state index contributed by atoms with van der Waals surface area (Å²) in [4.78, 5) is 31.8. The summed E-state index contributed by atoms with van der Waals surface area (Å²) < 4.78 is 6.90.